The molecule has 1 aliphatic carbocycles. The van der Waals surface area contributed by atoms with E-state index in [0.29, 0.717) is 0 Å². The van der Waals surface area contributed by atoms with Gasteiger partial charge >= 0.3 is 0 Å². The quantitative estimate of drug-likeness (QED) is 0.189. The highest BCUT2D eigenvalue weighted by Gasteiger charge is 2.35. The highest BCUT2D eigenvalue weighted by atomic mass is 32.1. The Morgan fingerprint density at radius 1 is 0.435 bits per heavy atom. The molecule has 0 N–H and O–H groups in total. The van der Waals surface area contributed by atoms with Crippen molar-refractivity contribution in [2.75, 3.05) is 4.90 Å². The zero-order chi connectivity index (χ0) is 30.6. The van der Waals surface area contributed by atoms with Crippen LogP contribution in [0.4, 0.5) is 17.1 Å². The van der Waals surface area contributed by atoms with Gasteiger partial charge in [-0.05, 0) is 81.6 Å². The number of rotatable bonds is 3. The summed E-state index contributed by atoms with van der Waals surface area (Å²) in [5.41, 5.74) is 8.96. The van der Waals surface area contributed by atoms with Crippen molar-refractivity contribution in [2.45, 2.75) is 19.3 Å². The molecule has 0 radical (unpaired) electrons. The Morgan fingerprint density at radius 2 is 1.02 bits per heavy atom. The van der Waals surface area contributed by atoms with E-state index in [1.54, 1.807) is 0 Å². The van der Waals surface area contributed by atoms with Gasteiger partial charge in [-0.2, -0.15) is 0 Å². The molecule has 3 heteroatoms. The van der Waals surface area contributed by atoms with Crippen LogP contribution in [0, 0.1) is 0 Å². The van der Waals surface area contributed by atoms with Gasteiger partial charge in [-0.3, -0.25) is 0 Å². The molecule has 0 saturated carbocycles. The fraction of sp³-hybridized carbons (Fsp3) is 0.0698. The van der Waals surface area contributed by atoms with Crippen LogP contribution in [0.15, 0.2) is 140 Å². The molecule has 0 atom stereocenters. The van der Waals surface area contributed by atoms with Crippen LogP contribution >= 0.6 is 22.7 Å². The molecule has 9 aromatic rings. The van der Waals surface area contributed by atoms with Gasteiger partial charge in [0.05, 0.1) is 0 Å². The molecule has 10 rings (SSSR count). The Hall–Kier alpha value is -4.96. The second kappa shape index (κ2) is 9.53. The maximum absolute atomic E-state index is 2.45. The first kappa shape index (κ1) is 26.3. The average molecular weight is 624 g/mol. The molecule has 46 heavy (non-hydrogen) atoms. The van der Waals surface area contributed by atoms with Gasteiger partial charge in [-0.25, -0.2) is 0 Å². The van der Waals surface area contributed by atoms with Crippen molar-refractivity contribution in [3.05, 3.63) is 151 Å². The summed E-state index contributed by atoms with van der Waals surface area (Å²) in [4.78, 5) is 2.45. The third-order valence-corrected chi connectivity index (χ3v) is 12.4. The van der Waals surface area contributed by atoms with Crippen molar-refractivity contribution >= 4 is 90.9 Å². The Kier molecular flexibility index (Phi) is 5.44. The molecule has 1 nitrogen and oxygen atoms in total. The van der Waals surface area contributed by atoms with Crippen LogP contribution in [0.5, 0.6) is 0 Å². The van der Waals surface area contributed by atoms with Crippen LogP contribution in [0.25, 0.3) is 62.2 Å². The summed E-state index contributed by atoms with van der Waals surface area (Å²) in [6.07, 6.45) is 0. The highest BCUT2D eigenvalue weighted by molar-refractivity contribution is 7.26. The lowest BCUT2D eigenvalue weighted by Crippen LogP contribution is -2.15. The van der Waals surface area contributed by atoms with Crippen molar-refractivity contribution in [3.63, 3.8) is 0 Å². The van der Waals surface area contributed by atoms with Crippen molar-refractivity contribution < 1.29 is 0 Å². The third-order valence-electron chi connectivity index (χ3n) is 10.0. The minimum absolute atomic E-state index is 0.0240. The molecular formula is C43H29NS2. The molecule has 0 aliphatic heterocycles. The van der Waals surface area contributed by atoms with Crippen molar-refractivity contribution in [1.29, 1.82) is 0 Å². The fourth-order valence-electron chi connectivity index (χ4n) is 7.79. The summed E-state index contributed by atoms with van der Waals surface area (Å²) in [6, 6.07) is 52.1. The second-order valence-corrected chi connectivity index (χ2v) is 15.1. The number of hydrogen-bond donors (Lipinski definition) is 0. The Balaban J connectivity index is 1.20. The topological polar surface area (TPSA) is 3.24 Å². The minimum atomic E-state index is -0.0240. The van der Waals surface area contributed by atoms with E-state index in [0.717, 1.165) is 0 Å². The lowest BCUT2D eigenvalue weighted by Gasteiger charge is -2.27. The molecule has 218 valence electrons. The number of hydrogen-bond acceptors (Lipinski definition) is 3. The molecule has 2 aromatic heterocycles. The van der Waals surface area contributed by atoms with E-state index in [2.05, 4.69) is 158 Å². The largest absolute Gasteiger partial charge is 0.310 e. The zero-order valence-electron chi connectivity index (χ0n) is 25.5. The molecule has 0 spiro atoms. The summed E-state index contributed by atoms with van der Waals surface area (Å²) < 4.78 is 5.34. The van der Waals surface area contributed by atoms with Gasteiger partial charge in [0, 0.05) is 62.8 Å². The molecule has 0 unspecified atom stereocenters. The SMILES string of the molecule is CC1(C)c2ccccc2-c2cc(N(c3ccc4c(ccc5c6ccccc6sc45)c3)c3ccc4c(c3)sc3ccccc34)ccc21. The van der Waals surface area contributed by atoms with Gasteiger partial charge in [-0.15, -0.1) is 22.7 Å². The number of benzene rings is 7. The van der Waals surface area contributed by atoms with Crippen LogP contribution in [0.3, 0.4) is 0 Å². The van der Waals surface area contributed by atoms with E-state index < -0.39 is 0 Å². The van der Waals surface area contributed by atoms with E-state index in [-0.39, 0.29) is 5.41 Å². The van der Waals surface area contributed by atoms with Crippen LogP contribution in [-0.2, 0) is 5.41 Å². The smallest absolute Gasteiger partial charge is 0.0476 e. The molecule has 1 aliphatic rings. The second-order valence-electron chi connectivity index (χ2n) is 13.0. The zero-order valence-corrected chi connectivity index (χ0v) is 27.2. The van der Waals surface area contributed by atoms with E-state index in [1.165, 1.54) is 90.4 Å². The molecule has 7 aromatic carbocycles. The number of nitrogens with zero attached hydrogens (tertiary/aromatic N) is 1. The maximum Gasteiger partial charge on any atom is 0.0476 e. The lowest BCUT2D eigenvalue weighted by atomic mass is 9.82. The first-order valence-electron chi connectivity index (χ1n) is 15.8. The monoisotopic (exact) mass is 623 g/mol. The van der Waals surface area contributed by atoms with Gasteiger partial charge in [0.15, 0.2) is 0 Å². The minimum Gasteiger partial charge on any atom is -0.310 e. The Morgan fingerprint density at radius 3 is 1.87 bits per heavy atom. The summed E-state index contributed by atoms with van der Waals surface area (Å²) in [6.45, 7) is 4.70. The van der Waals surface area contributed by atoms with Gasteiger partial charge in [-0.1, -0.05) is 105 Å². The van der Waals surface area contributed by atoms with Gasteiger partial charge in [0.25, 0.3) is 0 Å². The molecular weight excluding hydrogens is 595 g/mol. The van der Waals surface area contributed by atoms with E-state index in [1.807, 2.05) is 22.7 Å². The molecule has 2 heterocycles. The number of fused-ring (bicyclic) bond motifs is 11. The summed E-state index contributed by atoms with van der Waals surface area (Å²) in [7, 11) is 0. The first-order valence-corrected chi connectivity index (χ1v) is 17.5. The third kappa shape index (κ3) is 3.67. The molecule has 0 fully saturated rings. The normalized spacial score (nSPS) is 13.6. The fourth-order valence-corrected chi connectivity index (χ4v) is 10.2. The summed E-state index contributed by atoms with van der Waals surface area (Å²) in [5, 5.41) is 7.90. The number of anilines is 3. The Bertz CT molecular complexity index is 2690. The molecule has 0 bridgehead atoms. The first-order chi connectivity index (χ1) is 22.5. The van der Waals surface area contributed by atoms with Crippen molar-refractivity contribution in [3.8, 4) is 11.1 Å². The molecule has 0 saturated heterocycles. The van der Waals surface area contributed by atoms with Crippen LogP contribution in [-0.4, -0.2) is 0 Å². The maximum atomic E-state index is 2.45. The van der Waals surface area contributed by atoms with E-state index in [4.69, 9.17) is 0 Å². The van der Waals surface area contributed by atoms with E-state index in [9.17, 15) is 0 Å². The Labute approximate surface area is 275 Å². The summed E-state index contributed by atoms with van der Waals surface area (Å²) in [5.74, 6) is 0. The van der Waals surface area contributed by atoms with Gasteiger partial charge in [0.1, 0.15) is 0 Å². The number of thiophene rings is 2. The molecule has 0 amide bonds. The average Bonchev–Trinajstić information content (AvgIpc) is 3.73. The summed E-state index contributed by atoms with van der Waals surface area (Å²) >= 11 is 3.77. The van der Waals surface area contributed by atoms with Crippen LogP contribution in [0.2, 0.25) is 0 Å². The van der Waals surface area contributed by atoms with Gasteiger partial charge < -0.3 is 4.90 Å². The van der Waals surface area contributed by atoms with Crippen LogP contribution in [0.1, 0.15) is 25.0 Å². The van der Waals surface area contributed by atoms with Gasteiger partial charge in [0.2, 0.25) is 0 Å². The standard InChI is InChI=1S/C43H29NS2/c1-43(2)37-12-6-3-9-31(37)36-24-28(18-22-38(36)43)44(29-17-21-34-32-10-4-7-13-39(32)45-41(34)25-29)27-16-20-30-26(23-27)15-19-35-33-11-5-8-14-40(33)46-42(30)35/h3-25H,1-2H3. The van der Waals surface area contributed by atoms with Crippen LogP contribution < -0.4 is 4.90 Å². The lowest BCUT2D eigenvalue weighted by molar-refractivity contribution is 0.660. The predicted molar refractivity (Wildman–Crippen MR) is 202 cm³/mol. The van der Waals surface area contributed by atoms with Crippen molar-refractivity contribution in [2.24, 2.45) is 0 Å². The van der Waals surface area contributed by atoms with E-state index >= 15 is 0 Å². The highest BCUT2D eigenvalue weighted by Crippen LogP contribution is 2.51. The van der Waals surface area contributed by atoms with Crippen molar-refractivity contribution in [1.82, 2.24) is 0 Å². The predicted octanol–water partition coefficient (Wildman–Crippen LogP) is 13.4.